The van der Waals surface area contributed by atoms with Crippen LogP contribution >= 0.6 is 11.5 Å². The van der Waals surface area contributed by atoms with E-state index in [1.807, 2.05) is 48.2 Å². The molecule has 3 heterocycles. The van der Waals surface area contributed by atoms with Crippen LogP contribution in [0.1, 0.15) is 37.7 Å². The first-order chi connectivity index (χ1) is 17.0. The lowest BCUT2D eigenvalue weighted by Gasteiger charge is -2.34. The molecule has 1 aliphatic heterocycles. The van der Waals surface area contributed by atoms with Crippen molar-refractivity contribution in [3.05, 3.63) is 64.5 Å². The van der Waals surface area contributed by atoms with E-state index in [2.05, 4.69) is 14.6 Å². The van der Waals surface area contributed by atoms with Gasteiger partial charge in [0.25, 0.3) is 11.8 Å². The number of hydrogen-bond acceptors (Lipinski definition) is 6. The molecular formula is C26H25N5O3S. The van der Waals surface area contributed by atoms with Gasteiger partial charge in [-0.05, 0) is 67.2 Å². The summed E-state index contributed by atoms with van der Waals surface area (Å²) in [6.07, 6.45) is 1.59. The van der Waals surface area contributed by atoms with Crippen LogP contribution < -0.4 is 4.74 Å². The fourth-order valence-corrected chi connectivity index (χ4v) is 5.78. The molecule has 4 aromatic rings. The molecule has 2 aromatic carbocycles. The maximum atomic E-state index is 13.4. The van der Waals surface area contributed by atoms with Crippen molar-refractivity contribution in [1.82, 2.24) is 24.4 Å². The second kappa shape index (κ2) is 8.49. The minimum Gasteiger partial charge on any atom is -0.497 e. The van der Waals surface area contributed by atoms with Gasteiger partial charge in [-0.15, -0.1) is 0 Å². The van der Waals surface area contributed by atoms with E-state index in [1.165, 1.54) is 17.1 Å². The van der Waals surface area contributed by atoms with Gasteiger partial charge in [0.05, 0.1) is 17.5 Å². The Balaban J connectivity index is 1.17. The smallest absolute Gasteiger partial charge is 0.274 e. The van der Waals surface area contributed by atoms with Crippen molar-refractivity contribution in [2.45, 2.75) is 19.8 Å². The Labute approximate surface area is 206 Å². The molecule has 1 saturated heterocycles. The number of aryl methyl sites for hydroxylation is 2. The average Bonchev–Trinajstić information content (AvgIpc) is 3.52. The van der Waals surface area contributed by atoms with Gasteiger partial charge in [-0.2, -0.15) is 9.47 Å². The fraction of sp³-hybridized carbons (Fsp3) is 0.308. The molecule has 2 aliphatic rings. The number of carbonyl (C=O) groups excluding carboxylic acids is 2. The summed E-state index contributed by atoms with van der Waals surface area (Å²) < 4.78 is 10.8. The third-order valence-electron chi connectivity index (χ3n) is 6.98. The molecule has 0 spiro atoms. The molecule has 0 unspecified atom stereocenters. The summed E-state index contributed by atoms with van der Waals surface area (Å²) >= 11 is 1.35. The molecule has 9 heteroatoms. The quantitative estimate of drug-likeness (QED) is 0.476. The molecule has 0 bridgehead atoms. The Morgan fingerprint density at radius 3 is 2.54 bits per heavy atom. The number of nitrogens with one attached hydrogen (secondary N) is 1. The van der Waals surface area contributed by atoms with Crippen molar-refractivity contribution in [2.24, 2.45) is 0 Å². The van der Waals surface area contributed by atoms with Crippen molar-refractivity contribution in [2.75, 3.05) is 33.3 Å². The van der Waals surface area contributed by atoms with Gasteiger partial charge in [0, 0.05) is 42.7 Å². The van der Waals surface area contributed by atoms with Crippen LogP contribution in [0.15, 0.2) is 36.4 Å². The van der Waals surface area contributed by atoms with E-state index in [-0.39, 0.29) is 11.8 Å². The van der Waals surface area contributed by atoms with Crippen LogP contribution in [0, 0.1) is 6.92 Å². The number of benzene rings is 2. The van der Waals surface area contributed by atoms with Gasteiger partial charge in [-0.3, -0.25) is 14.7 Å². The molecule has 1 fully saturated rings. The second-order valence-electron chi connectivity index (χ2n) is 9.06. The van der Waals surface area contributed by atoms with E-state index in [1.54, 1.807) is 12.0 Å². The zero-order valence-corrected chi connectivity index (χ0v) is 20.4. The number of amides is 2. The first kappa shape index (κ1) is 21.8. The minimum absolute atomic E-state index is 0.0578. The molecule has 0 saturated carbocycles. The summed E-state index contributed by atoms with van der Waals surface area (Å²) in [5.74, 6) is 0.699. The highest BCUT2D eigenvalue weighted by molar-refractivity contribution is 7.13. The number of hydrogen-bond donors (Lipinski definition) is 1. The number of aromatic amines is 1. The van der Waals surface area contributed by atoms with E-state index in [0.717, 1.165) is 51.1 Å². The van der Waals surface area contributed by atoms with Crippen LogP contribution in [-0.2, 0) is 12.8 Å². The van der Waals surface area contributed by atoms with Gasteiger partial charge in [0.2, 0.25) is 0 Å². The van der Waals surface area contributed by atoms with Crippen LogP contribution in [0.4, 0.5) is 0 Å². The predicted molar refractivity (Wildman–Crippen MR) is 134 cm³/mol. The van der Waals surface area contributed by atoms with Crippen molar-refractivity contribution >= 4 is 33.4 Å². The van der Waals surface area contributed by atoms with E-state index < -0.39 is 0 Å². The first-order valence-electron chi connectivity index (χ1n) is 11.7. The van der Waals surface area contributed by atoms with Crippen molar-refractivity contribution in [3.63, 3.8) is 0 Å². The number of H-pyrrole nitrogens is 1. The highest BCUT2D eigenvalue weighted by Gasteiger charge is 2.31. The maximum absolute atomic E-state index is 13.4. The van der Waals surface area contributed by atoms with Crippen molar-refractivity contribution in [3.8, 4) is 17.0 Å². The summed E-state index contributed by atoms with van der Waals surface area (Å²) in [7, 11) is 1.66. The SMILES string of the molecule is COc1ccc2c(c1)CCc1c-2n[nH]c1C(=O)N1CCN(C(=O)c2nsc3ccc(C)cc23)CC1. The van der Waals surface area contributed by atoms with Crippen LogP contribution in [-0.4, -0.2) is 69.5 Å². The number of piperazine rings is 1. The summed E-state index contributed by atoms with van der Waals surface area (Å²) in [6.45, 7) is 3.93. The van der Waals surface area contributed by atoms with Crippen LogP contribution in [0.2, 0.25) is 0 Å². The largest absolute Gasteiger partial charge is 0.497 e. The van der Waals surface area contributed by atoms with Crippen molar-refractivity contribution < 1.29 is 14.3 Å². The molecule has 178 valence electrons. The molecular weight excluding hydrogens is 462 g/mol. The summed E-state index contributed by atoms with van der Waals surface area (Å²) in [5, 5.41) is 8.40. The topological polar surface area (TPSA) is 91.4 Å². The number of fused-ring (bicyclic) bond motifs is 4. The molecule has 0 atom stereocenters. The lowest BCUT2D eigenvalue weighted by atomic mass is 9.88. The molecule has 1 aliphatic carbocycles. The molecule has 1 N–H and O–H groups in total. The lowest BCUT2D eigenvalue weighted by Crippen LogP contribution is -2.50. The molecule has 6 rings (SSSR count). The van der Waals surface area contributed by atoms with Crippen LogP contribution in [0.3, 0.4) is 0 Å². The van der Waals surface area contributed by atoms with Crippen LogP contribution in [0.25, 0.3) is 21.3 Å². The number of aromatic nitrogens is 3. The zero-order valence-electron chi connectivity index (χ0n) is 19.6. The Kier molecular flexibility index (Phi) is 5.29. The van der Waals surface area contributed by atoms with Gasteiger partial charge < -0.3 is 14.5 Å². The highest BCUT2D eigenvalue weighted by Crippen LogP contribution is 2.36. The second-order valence-corrected chi connectivity index (χ2v) is 9.87. The minimum atomic E-state index is -0.0695. The number of carbonyl (C=O) groups is 2. The monoisotopic (exact) mass is 487 g/mol. The molecule has 0 radical (unpaired) electrons. The third kappa shape index (κ3) is 3.67. The zero-order chi connectivity index (χ0) is 24.1. The van der Waals surface area contributed by atoms with E-state index in [4.69, 9.17) is 4.74 Å². The molecule has 2 aromatic heterocycles. The number of methoxy groups -OCH3 is 1. The molecule has 8 nitrogen and oxygen atoms in total. The van der Waals surface area contributed by atoms with E-state index in [0.29, 0.717) is 37.6 Å². The van der Waals surface area contributed by atoms with Crippen LogP contribution in [0.5, 0.6) is 5.75 Å². The Bertz CT molecular complexity index is 1470. The average molecular weight is 488 g/mol. The Morgan fingerprint density at radius 2 is 1.77 bits per heavy atom. The lowest BCUT2D eigenvalue weighted by molar-refractivity contribution is 0.0530. The predicted octanol–water partition coefficient (Wildman–Crippen LogP) is 3.70. The Morgan fingerprint density at radius 1 is 1.00 bits per heavy atom. The van der Waals surface area contributed by atoms with Gasteiger partial charge in [0.15, 0.2) is 0 Å². The van der Waals surface area contributed by atoms with Gasteiger partial charge >= 0.3 is 0 Å². The molecule has 35 heavy (non-hydrogen) atoms. The Hall–Kier alpha value is -3.72. The van der Waals surface area contributed by atoms with Gasteiger partial charge in [-0.1, -0.05) is 11.6 Å². The van der Waals surface area contributed by atoms with E-state index in [9.17, 15) is 9.59 Å². The normalized spacial score (nSPS) is 15.1. The fourth-order valence-electron chi connectivity index (χ4n) is 5.03. The maximum Gasteiger partial charge on any atom is 0.274 e. The third-order valence-corrected chi connectivity index (χ3v) is 7.80. The van der Waals surface area contributed by atoms with Crippen molar-refractivity contribution in [1.29, 1.82) is 0 Å². The summed E-state index contributed by atoms with van der Waals surface area (Å²) in [5.41, 5.74) is 6.20. The summed E-state index contributed by atoms with van der Waals surface area (Å²) in [4.78, 5) is 30.2. The highest BCUT2D eigenvalue weighted by atomic mass is 32.1. The number of rotatable bonds is 3. The number of nitrogens with zero attached hydrogens (tertiary/aromatic N) is 4. The summed E-state index contributed by atoms with van der Waals surface area (Å²) in [6, 6.07) is 12.0. The first-order valence-corrected chi connectivity index (χ1v) is 12.5. The van der Waals surface area contributed by atoms with Gasteiger partial charge in [-0.25, -0.2) is 0 Å². The van der Waals surface area contributed by atoms with Gasteiger partial charge in [0.1, 0.15) is 17.1 Å². The van der Waals surface area contributed by atoms with E-state index >= 15 is 0 Å². The standard InChI is InChI=1S/C26H25N5O3S/c1-15-3-8-21-20(13-15)24(29-35-21)26(33)31-11-9-30(10-12-31)25(32)23-19-6-4-16-14-17(34-2)5-7-18(16)22(19)27-28-23/h3,5,7-8,13-14H,4,6,9-12H2,1-2H3,(H,27,28). The number of ether oxygens (including phenoxy) is 1. The molecule has 2 amide bonds.